The van der Waals surface area contributed by atoms with Crippen LogP contribution < -0.4 is 10.0 Å². The molecule has 7 rings (SSSR count). The highest BCUT2D eigenvalue weighted by atomic mass is 32.2. The normalized spacial score (nSPS) is 30.1. The molecule has 10 nitrogen and oxygen atoms in total. The van der Waals surface area contributed by atoms with E-state index in [9.17, 15) is 22.8 Å². The molecular weight excluding hydrogens is 628 g/mol. The van der Waals surface area contributed by atoms with Crippen LogP contribution in [0.2, 0.25) is 0 Å². The molecule has 252 valence electrons. The lowest BCUT2D eigenvalue weighted by Crippen LogP contribution is -2.54. The highest BCUT2D eigenvalue weighted by molar-refractivity contribution is 7.91. The van der Waals surface area contributed by atoms with E-state index in [1.54, 1.807) is 18.0 Å². The molecule has 0 radical (unpaired) electrons. The van der Waals surface area contributed by atoms with Gasteiger partial charge in [-0.3, -0.25) is 19.1 Å². The van der Waals surface area contributed by atoms with Crippen LogP contribution in [0.5, 0.6) is 0 Å². The number of carbonyl (C=O) groups is 3. The molecule has 0 unspecified atom stereocenters. The number of benzene rings is 2. The number of rotatable bonds is 6. The van der Waals surface area contributed by atoms with E-state index in [1.807, 2.05) is 18.2 Å². The summed E-state index contributed by atoms with van der Waals surface area (Å²) in [5, 5.41) is 6.98. The standard InChI is InChI=1S/C37H42N4O6S/c1-3-24-22-37(24,36(44)40-48(45,46)26-15-16-26)38-34(42)31-20-25-21-32(31)35(43)41(2)18-10-6-4-5-7-11-23-14-17-28-27-12-8-9-13-29(27)33(39-47-25)30(28)19-23/h3,7-9,11-14,17,19,24-26,31-32H,1,4-6,10,15-16,18,20-22H2,2H3,(H,38,42)(H,40,44)/b11-7+,39-33-/t24-,25-,31-,32-,37-/m1/s1. The Labute approximate surface area is 281 Å². The van der Waals surface area contributed by atoms with Crippen LogP contribution in [0.4, 0.5) is 0 Å². The third-order valence-electron chi connectivity index (χ3n) is 10.5. The minimum Gasteiger partial charge on any atom is -0.392 e. The summed E-state index contributed by atoms with van der Waals surface area (Å²) in [6, 6.07) is 14.4. The first-order valence-corrected chi connectivity index (χ1v) is 18.6. The fraction of sp³-hybridized carbons (Fsp3) is 0.459. The number of sulfonamides is 1. The fourth-order valence-electron chi connectivity index (χ4n) is 7.46. The number of fused-ring (bicyclic) bond motifs is 6. The van der Waals surface area contributed by atoms with Crippen LogP contribution in [0.1, 0.15) is 74.5 Å². The second-order valence-electron chi connectivity index (χ2n) is 13.9. The van der Waals surface area contributed by atoms with E-state index in [2.05, 4.69) is 58.2 Å². The van der Waals surface area contributed by atoms with Crippen molar-refractivity contribution in [3.63, 3.8) is 0 Å². The molecule has 5 atom stereocenters. The first-order chi connectivity index (χ1) is 23.1. The fourth-order valence-corrected chi connectivity index (χ4v) is 8.82. The Bertz CT molecular complexity index is 1830. The van der Waals surface area contributed by atoms with Crippen molar-refractivity contribution in [2.45, 2.75) is 74.7 Å². The van der Waals surface area contributed by atoms with Crippen molar-refractivity contribution in [2.75, 3.05) is 13.6 Å². The van der Waals surface area contributed by atoms with Gasteiger partial charge in [0.1, 0.15) is 17.4 Å². The summed E-state index contributed by atoms with van der Waals surface area (Å²) < 4.78 is 27.4. The van der Waals surface area contributed by atoms with Crippen LogP contribution in [-0.2, 0) is 29.2 Å². The Kier molecular flexibility index (Phi) is 8.51. The molecular formula is C37H42N4O6S. The third kappa shape index (κ3) is 6.08. The molecule has 5 aliphatic rings. The molecule has 0 saturated heterocycles. The number of hydrogen-bond acceptors (Lipinski definition) is 7. The third-order valence-corrected chi connectivity index (χ3v) is 12.4. The van der Waals surface area contributed by atoms with Gasteiger partial charge in [-0.05, 0) is 74.1 Å². The molecule has 1 heterocycles. The van der Waals surface area contributed by atoms with E-state index < -0.39 is 56.5 Å². The Morgan fingerprint density at radius 2 is 1.81 bits per heavy atom. The summed E-state index contributed by atoms with van der Waals surface area (Å²) in [6.45, 7) is 4.35. The lowest BCUT2D eigenvalue weighted by atomic mass is 9.93. The number of amides is 3. The number of carbonyl (C=O) groups excluding carboxylic acids is 3. The minimum absolute atomic E-state index is 0.151. The average Bonchev–Trinajstić information content (AvgIpc) is 3.99. The highest BCUT2D eigenvalue weighted by Crippen LogP contribution is 2.46. The van der Waals surface area contributed by atoms with E-state index >= 15 is 0 Å². The Morgan fingerprint density at radius 1 is 1.04 bits per heavy atom. The lowest BCUT2D eigenvalue weighted by Gasteiger charge is -2.26. The van der Waals surface area contributed by atoms with Gasteiger partial charge in [0.25, 0.3) is 5.91 Å². The largest absolute Gasteiger partial charge is 0.392 e. The topological polar surface area (TPSA) is 134 Å². The van der Waals surface area contributed by atoms with Gasteiger partial charge in [-0.15, -0.1) is 6.58 Å². The molecule has 2 aromatic rings. The molecule has 3 fully saturated rings. The monoisotopic (exact) mass is 670 g/mol. The summed E-state index contributed by atoms with van der Waals surface area (Å²) in [7, 11) is -2.05. The zero-order valence-electron chi connectivity index (χ0n) is 27.2. The molecule has 0 aromatic heterocycles. The predicted octanol–water partition coefficient (Wildman–Crippen LogP) is 4.55. The second kappa shape index (κ2) is 12.7. The number of allylic oxidation sites excluding steroid dienone is 1. The molecule has 2 aromatic carbocycles. The van der Waals surface area contributed by atoms with Gasteiger partial charge in [-0.25, -0.2) is 8.42 Å². The maximum Gasteiger partial charge on any atom is 0.259 e. The Morgan fingerprint density at radius 3 is 2.56 bits per heavy atom. The van der Waals surface area contributed by atoms with Gasteiger partial charge in [-0.2, -0.15) is 0 Å². The zero-order chi connectivity index (χ0) is 33.6. The van der Waals surface area contributed by atoms with Crippen molar-refractivity contribution in [3.05, 3.63) is 77.9 Å². The van der Waals surface area contributed by atoms with Crippen molar-refractivity contribution < 1.29 is 27.6 Å². The molecule has 3 saturated carbocycles. The van der Waals surface area contributed by atoms with E-state index in [0.717, 1.165) is 53.5 Å². The number of nitrogens with one attached hydrogen (secondary N) is 2. The average molecular weight is 671 g/mol. The van der Waals surface area contributed by atoms with Gasteiger partial charge in [0.15, 0.2) is 0 Å². The first kappa shape index (κ1) is 32.3. The molecule has 11 heteroatoms. The molecule has 4 aliphatic carbocycles. The van der Waals surface area contributed by atoms with Crippen LogP contribution in [0.25, 0.3) is 17.2 Å². The van der Waals surface area contributed by atoms with Gasteiger partial charge >= 0.3 is 0 Å². The molecule has 48 heavy (non-hydrogen) atoms. The van der Waals surface area contributed by atoms with Crippen LogP contribution in [0.15, 0.2) is 66.4 Å². The van der Waals surface area contributed by atoms with Crippen LogP contribution in [-0.4, -0.2) is 67.2 Å². The molecule has 2 N–H and O–H groups in total. The quantitative estimate of drug-likeness (QED) is 0.370. The second-order valence-corrected chi connectivity index (χ2v) is 15.9. The summed E-state index contributed by atoms with van der Waals surface area (Å²) in [5.74, 6) is -3.27. The molecule has 1 aliphatic heterocycles. The van der Waals surface area contributed by atoms with Crippen molar-refractivity contribution in [1.29, 1.82) is 0 Å². The SMILES string of the molecule is C=C[C@@H]1C[C@]1(NC(=O)[C@@H]1C[C@@H]2C[C@H]1C(=O)N(C)CCCCC/C=C/c1ccc3c(c1)/C(=N\O2)c1ccccc1-3)C(=O)NS(=O)(=O)C1CC1. The summed E-state index contributed by atoms with van der Waals surface area (Å²) in [5.41, 5.74) is 4.45. The van der Waals surface area contributed by atoms with E-state index in [4.69, 9.17) is 4.84 Å². The van der Waals surface area contributed by atoms with Crippen molar-refractivity contribution in [3.8, 4) is 11.1 Å². The summed E-state index contributed by atoms with van der Waals surface area (Å²) in [6.07, 6.45) is 10.8. The minimum atomic E-state index is -3.81. The smallest absolute Gasteiger partial charge is 0.259 e. The molecule has 4 bridgehead atoms. The summed E-state index contributed by atoms with van der Waals surface area (Å²) >= 11 is 0. The van der Waals surface area contributed by atoms with Crippen molar-refractivity contribution in [1.82, 2.24) is 14.9 Å². The first-order valence-electron chi connectivity index (χ1n) is 17.0. The Balaban J connectivity index is 1.17. The number of hydrogen-bond donors (Lipinski definition) is 2. The Hall–Kier alpha value is -4.25. The van der Waals surface area contributed by atoms with Crippen LogP contribution in [0.3, 0.4) is 0 Å². The van der Waals surface area contributed by atoms with Gasteiger partial charge in [-0.1, -0.05) is 66.2 Å². The van der Waals surface area contributed by atoms with E-state index in [-0.39, 0.29) is 25.2 Å². The van der Waals surface area contributed by atoms with Crippen molar-refractivity contribution in [2.24, 2.45) is 22.9 Å². The zero-order valence-corrected chi connectivity index (χ0v) is 28.0. The number of oxime groups is 1. The van der Waals surface area contributed by atoms with Crippen LogP contribution in [0, 0.1) is 17.8 Å². The predicted molar refractivity (Wildman–Crippen MR) is 183 cm³/mol. The van der Waals surface area contributed by atoms with Crippen LogP contribution >= 0.6 is 0 Å². The van der Waals surface area contributed by atoms with Gasteiger partial charge in [0.2, 0.25) is 21.8 Å². The lowest BCUT2D eigenvalue weighted by molar-refractivity contribution is -0.140. The van der Waals surface area contributed by atoms with Gasteiger partial charge < -0.3 is 15.1 Å². The van der Waals surface area contributed by atoms with E-state index in [1.165, 1.54) is 0 Å². The highest BCUT2D eigenvalue weighted by Gasteiger charge is 2.62. The van der Waals surface area contributed by atoms with Gasteiger partial charge in [0.05, 0.1) is 17.1 Å². The number of nitrogens with zero attached hydrogens (tertiary/aromatic N) is 2. The van der Waals surface area contributed by atoms with Crippen molar-refractivity contribution >= 4 is 39.5 Å². The summed E-state index contributed by atoms with van der Waals surface area (Å²) in [4.78, 5) is 49.2. The maximum absolute atomic E-state index is 14.0. The van der Waals surface area contributed by atoms with E-state index in [0.29, 0.717) is 25.1 Å². The maximum atomic E-state index is 14.0. The molecule has 0 spiro atoms. The molecule has 3 amide bonds. The van der Waals surface area contributed by atoms with Gasteiger partial charge in [0, 0.05) is 30.6 Å².